The van der Waals surface area contributed by atoms with Crippen molar-refractivity contribution in [1.82, 2.24) is 24.7 Å². The van der Waals surface area contributed by atoms with Gasteiger partial charge in [-0.05, 0) is 26.3 Å². The number of aryl methyl sites for hydroxylation is 2. The van der Waals surface area contributed by atoms with Crippen LogP contribution >= 0.6 is 0 Å². The molecule has 0 N–H and O–H groups in total. The Morgan fingerprint density at radius 1 is 1.29 bits per heavy atom. The van der Waals surface area contributed by atoms with Crippen molar-refractivity contribution in [3.05, 3.63) is 29.5 Å². The highest BCUT2D eigenvalue weighted by atomic mass is 16.5. The zero-order valence-electron chi connectivity index (χ0n) is 11.9. The van der Waals surface area contributed by atoms with Crippen molar-refractivity contribution in [1.29, 1.82) is 0 Å². The van der Waals surface area contributed by atoms with Crippen molar-refractivity contribution in [3.63, 3.8) is 0 Å². The normalized spacial score (nSPS) is 18.7. The molecule has 0 aromatic carbocycles. The number of nitrogens with zero attached hydrogens (tertiary/aromatic N) is 5. The van der Waals surface area contributed by atoms with Crippen molar-refractivity contribution < 1.29 is 9.26 Å². The standard InChI is InChI=1S/C14H15N5O2/c1-8-5-9(2)19-13(16-8)11(6-15-19)14-17-12(18-21-14)10-3-4-20-7-10/h5-6,10H,3-4,7H2,1-2H3/t10-/m1/s1. The third-order valence-corrected chi connectivity index (χ3v) is 3.74. The molecular weight excluding hydrogens is 270 g/mol. The number of hydrogen-bond acceptors (Lipinski definition) is 6. The van der Waals surface area contributed by atoms with Gasteiger partial charge in [0.25, 0.3) is 5.89 Å². The smallest absolute Gasteiger partial charge is 0.263 e. The molecule has 0 spiro atoms. The molecule has 21 heavy (non-hydrogen) atoms. The summed E-state index contributed by atoms with van der Waals surface area (Å²) in [6, 6.07) is 1.99. The van der Waals surface area contributed by atoms with Crippen molar-refractivity contribution in [2.24, 2.45) is 0 Å². The Morgan fingerprint density at radius 2 is 2.19 bits per heavy atom. The molecule has 0 amide bonds. The highest BCUT2D eigenvalue weighted by Crippen LogP contribution is 2.27. The van der Waals surface area contributed by atoms with Crippen LogP contribution in [0.25, 0.3) is 17.1 Å². The van der Waals surface area contributed by atoms with Gasteiger partial charge >= 0.3 is 0 Å². The maximum atomic E-state index is 5.40. The molecule has 1 aliphatic heterocycles. The van der Waals surface area contributed by atoms with E-state index in [1.54, 1.807) is 10.7 Å². The van der Waals surface area contributed by atoms with Gasteiger partial charge in [0.2, 0.25) is 0 Å². The number of aromatic nitrogens is 5. The summed E-state index contributed by atoms with van der Waals surface area (Å²) in [6.45, 7) is 5.36. The molecule has 1 atom stereocenters. The number of fused-ring (bicyclic) bond motifs is 1. The third kappa shape index (κ3) is 2.01. The summed E-state index contributed by atoms with van der Waals surface area (Å²) in [7, 11) is 0. The SMILES string of the molecule is Cc1cc(C)n2ncc(-c3nc([C@@H]4CCOC4)no3)c2n1. The molecule has 0 radical (unpaired) electrons. The van der Waals surface area contributed by atoms with E-state index in [9.17, 15) is 0 Å². The Labute approximate surface area is 120 Å². The maximum Gasteiger partial charge on any atom is 0.263 e. The van der Waals surface area contributed by atoms with Crippen LogP contribution in [0.1, 0.15) is 29.6 Å². The maximum absolute atomic E-state index is 5.40. The fourth-order valence-corrected chi connectivity index (χ4v) is 2.67. The fourth-order valence-electron chi connectivity index (χ4n) is 2.67. The zero-order valence-corrected chi connectivity index (χ0v) is 11.9. The minimum Gasteiger partial charge on any atom is -0.381 e. The quantitative estimate of drug-likeness (QED) is 0.715. The minimum atomic E-state index is 0.223. The van der Waals surface area contributed by atoms with Crippen molar-refractivity contribution in [2.75, 3.05) is 13.2 Å². The highest BCUT2D eigenvalue weighted by Gasteiger charge is 2.24. The molecule has 1 fully saturated rings. The van der Waals surface area contributed by atoms with Crippen LogP contribution in [0.2, 0.25) is 0 Å². The molecule has 0 saturated carbocycles. The van der Waals surface area contributed by atoms with E-state index in [2.05, 4.69) is 20.2 Å². The average molecular weight is 285 g/mol. The molecule has 0 bridgehead atoms. The first-order chi connectivity index (χ1) is 10.2. The summed E-state index contributed by atoms with van der Waals surface area (Å²) in [4.78, 5) is 9.02. The molecule has 7 heteroatoms. The van der Waals surface area contributed by atoms with E-state index in [0.29, 0.717) is 18.3 Å². The van der Waals surface area contributed by atoms with Gasteiger partial charge in [-0.1, -0.05) is 5.16 Å². The molecule has 4 heterocycles. The van der Waals surface area contributed by atoms with E-state index in [1.807, 2.05) is 19.9 Å². The van der Waals surface area contributed by atoms with E-state index in [-0.39, 0.29) is 5.92 Å². The predicted molar refractivity (Wildman–Crippen MR) is 73.9 cm³/mol. The van der Waals surface area contributed by atoms with Crippen LogP contribution in [-0.2, 0) is 4.74 Å². The molecule has 0 unspecified atom stereocenters. The second-order valence-electron chi connectivity index (χ2n) is 5.35. The largest absolute Gasteiger partial charge is 0.381 e. The van der Waals surface area contributed by atoms with Gasteiger partial charge in [0.05, 0.1) is 12.8 Å². The van der Waals surface area contributed by atoms with Crippen LogP contribution in [0, 0.1) is 13.8 Å². The summed E-state index contributed by atoms with van der Waals surface area (Å²) in [5, 5.41) is 8.42. The van der Waals surface area contributed by atoms with Crippen LogP contribution in [0.4, 0.5) is 0 Å². The van der Waals surface area contributed by atoms with Crippen LogP contribution in [0.15, 0.2) is 16.8 Å². The van der Waals surface area contributed by atoms with Crippen molar-refractivity contribution in [2.45, 2.75) is 26.2 Å². The summed E-state index contributed by atoms with van der Waals surface area (Å²) in [5.74, 6) is 1.39. The number of ether oxygens (including phenoxy) is 1. The molecule has 108 valence electrons. The van der Waals surface area contributed by atoms with Gasteiger partial charge in [0, 0.05) is 23.9 Å². The molecule has 0 aliphatic carbocycles. The lowest BCUT2D eigenvalue weighted by atomic mass is 10.1. The van der Waals surface area contributed by atoms with Gasteiger partial charge in [-0.3, -0.25) is 0 Å². The van der Waals surface area contributed by atoms with Gasteiger partial charge in [-0.15, -0.1) is 0 Å². The van der Waals surface area contributed by atoms with Gasteiger partial charge in [-0.2, -0.15) is 10.1 Å². The summed E-state index contributed by atoms with van der Waals surface area (Å²) in [6.07, 6.45) is 2.65. The first-order valence-corrected chi connectivity index (χ1v) is 6.96. The zero-order chi connectivity index (χ0) is 14.4. The summed E-state index contributed by atoms with van der Waals surface area (Å²) in [5.41, 5.74) is 3.46. The predicted octanol–water partition coefficient (Wildman–Crippen LogP) is 1.90. The second kappa shape index (κ2) is 4.63. The monoisotopic (exact) mass is 285 g/mol. The van der Waals surface area contributed by atoms with Gasteiger partial charge < -0.3 is 9.26 Å². The topological polar surface area (TPSA) is 78.3 Å². The Kier molecular flexibility index (Phi) is 2.75. The van der Waals surface area contributed by atoms with E-state index in [0.717, 1.165) is 35.6 Å². The van der Waals surface area contributed by atoms with E-state index >= 15 is 0 Å². The Bertz CT molecular complexity index is 801. The van der Waals surface area contributed by atoms with E-state index in [1.165, 1.54) is 0 Å². The summed E-state index contributed by atoms with van der Waals surface area (Å²) >= 11 is 0. The summed E-state index contributed by atoms with van der Waals surface area (Å²) < 4.78 is 12.5. The van der Waals surface area contributed by atoms with Gasteiger partial charge in [0.1, 0.15) is 5.56 Å². The number of hydrogen-bond donors (Lipinski definition) is 0. The minimum absolute atomic E-state index is 0.223. The second-order valence-corrected chi connectivity index (χ2v) is 5.35. The van der Waals surface area contributed by atoms with Gasteiger partial charge in [-0.25, -0.2) is 9.50 Å². The molecule has 3 aromatic heterocycles. The lowest BCUT2D eigenvalue weighted by Gasteiger charge is -2.00. The van der Waals surface area contributed by atoms with Crippen LogP contribution in [0.5, 0.6) is 0 Å². The molecule has 4 rings (SSSR count). The van der Waals surface area contributed by atoms with Crippen LogP contribution < -0.4 is 0 Å². The Hall–Kier alpha value is -2.28. The van der Waals surface area contributed by atoms with E-state index in [4.69, 9.17) is 9.26 Å². The van der Waals surface area contributed by atoms with Crippen LogP contribution in [0.3, 0.4) is 0 Å². The van der Waals surface area contributed by atoms with Crippen LogP contribution in [-0.4, -0.2) is 38.0 Å². The average Bonchev–Trinajstić information content (AvgIpc) is 3.18. The van der Waals surface area contributed by atoms with E-state index < -0.39 is 0 Å². The highest BCUT2D eigenvalue weighted by molar-refractivity contribution is 5.71. The fraction of sp³-hybridized carbons (Fsp3) is 0.429. The molecular formula is C14H15N5O2. The number of rotatable bonds is 2. The Morgan fingerprint density at radius 3 is 3.00 bits per heavy atom. The first-order valence-electron chi connectivity index (χ1n) is 6.96. The first kappa shape index (κ1) is 12.5. The van der Waals surface area contributed by atoms with Crippen molar-refractivity contribution in [3.8, 4) is 11.5 Å². The molecule has 3 aromatic rings. The molecule has 7 nitrogen and oxygen atoms in total. The Balaban J connectivity index is 1.79. The van der Waals surface area contributed by atoms with Gasteiger partial charge in [0.15, 0.2) is 11.5 Å². The lowest BCUT2D eigenvalue weighted by molar-refractivity contribution is 0.192. The third-order valence-electron chi connectivity index (χ3n) is 3.74. The lowest BCUT2D eigenvalue weighted by Crippen LogP contribution is -1.99. The molecule has 1 saturated heterocycles. The van der Waals surface area contributed by atoms with Crippen molar-refractivity contribution >= 4 is 5.65 Å². The molecule has 1 aliphatic rings.